The number of nitrogens with zero attached hydrogens (tertiary/aromatic N) is 7. The van der Waals surface area contributed by atoms with E-state index < -0.39 is 53.0 Å². The van der Waals surface area contributed by atoms with Crippen molar-refractivity contribution in [3.8, 4) is 22.5 Å². The molecule has 0 radical (unpaired) electrons. The number of fused-ring (bicyclic) bond motifs is 6. The molecule has 1 aromatic carbocycles. The Bertz CT molecular complexity index is 2640. The number of cyclic esters (lactones) is 1. The van der Waals surface area contributed by atoms with Crippen LogP contribution in [0.15, 0.2) is 54.6 Å². The smallest absolute Gasteiger partial charge is 0.324 e. The lowest BCUT2D eigenvalue weighted by Gasteiger charge is -2.55. The van der Waals surface area contributed by atoms with E-state index >= 15 is 0 Å². The Hall–Kier alpha value is -5.60. The lowest BCUT2D eigenvalue weighted by Crippen LogP contribution is -2.74. The number of aryl methyl sites for hydroxylation is 1. The number of aromatic nitrogens is 3. The molecule has 4 aliphatic rings. The van der Waals surface area contributed by atoms with E-state index in [4.69, 9.17) is 36.4 Å². The molecule has 69 heavy (non-hydrogen) atoms. The van der Waals surface area contributed by atoms with Crippen molar-refractivity contribution >= 4 is 69.5 Å². The zero-order valence-corrected chi connectivity index (χ0v) is 42.1. The normalized spacial score (nSPS) is 21.2. The fraction of sp³-hybridized carbons (Fsp3) is 0.520. The molecular formula is C50H63N9O8S2. The highest BCUT2D eigenvalue weighted by Gasteiger charge is 2.51. The number of hydrazine groups is 1. The van der Waals surface area contributed by atoms with E-state index in [0.29, 0.717) is 68.5 Å². The van der Waals surface area contributed by atoms with Crippen molar-refractivity contribution in [3.63, 3.8) is 0 Å². The first kappa shape index (κ1) is 49.8. The lowest BCUT2D eigenvalue weighted by molar-refractivity contribution is -0.176. The van der Waals surface area contributed by atoms with Crippen LogP contribution in [-0.4, -0.2) is 153 Å². The first-order chi connectivity index (χ1) is 33.0. The highest BCUT2D eigenvalue weighted by molar-refractivity contribution is 7.79. The molecule has 4 aromatic rings. The summed E-state index contributed by atoms with van der Waals surface area (Å²) in [7, 11) is 3.20. The van der Waals surface area contributed by atoms with Gasteiger partial charge in [-0.1, -0.05) is 52.6 Å². The average Bonchev–Trinajstić information content (AvgIpc) is 3.93. The van der Waals surface area contributed by atoms with E-state index in [1.165, 1.54) is 27.3 Å². The standard InChI is InChI=1S/C50H63N9O8S2/c1-9-41(60)58-20-19-56(26-50(58)28-66-29-50)48(64)55(7)43(30(3)4)45(61)53-36-22-40-52-37(25-69-40)31-15-16-38-33(21-31)34(44(57(38)10-2)32-13-11-17-51-42(32)39(24-68)65-8)23-49(5,6)27-67-47(63)35-14-12-18-59(54-35)46(36)62/h9,11,13,15-17,21,24-25,30,35-36,39,43,54H,1,10,12,14,18-20,22-23,26-29H2,2-8H3,(H,53,61)/t35-,36-,39-,43-/m0/s1. The number of benzene rings is 1. The van der Waals surface area contributed by atoms with Gasteiger partial charge in [-0.25, -0.2) is 15.2 Å². The molecule has 368 valence electrons. The number of amides is 5. The van der Waals surface area contributed by atoms with E-state index in [9.17, 15) is 24.0 Å². The average molecular weight is 982 g/mol. The topological polar surface area (TPSA) is 181 Å². The number of nitrogens with one attached hydrogen (secondary N) is 2. The molecule has 0 aliphatic carbocycles. The Morgan fingerprint density at radius 3 is 2.61 bits per heavy atom. The Morgan fingerprint density at radius 2 is 1.93 bits per heavy atom. The van der Waals surface area contributed by atoms with Gasteiger partial charge in [0.1, 0.15) is 29.8 Å². The first-order valence-electron chi connectivity index (χ1n) is 23.6. The van der Waals surface area contributed by atoms with Crippen LogP contribution in [0, 0.1) is 11.3 Å². The maximum Gasteiger partial charge on any atom is 0.324 e. The predicted octanol–water partition coefficient (Wildman–Crippen LogP) is 5.36. The predicted molar refractivity (Wildman–Crippen MR) is 266 cm³/mol. The van der Waals surface area contributed by atoms with Crippen molar-refractivity contribution in [1.29, 1.82) is 0 Å². The largest absolute Gasteiger partial charge is 0.464 e. The monoisotopic (exact) mass is 981 g/mol. The number of piperazine rings is 1. The van der Waals surface area contributed by atoms with Crippen LogP contribution in [0.2, 0.25) is 0 Å². The highest BCUT2D eigenvalue weighted by Crippen LogP contribution is 2.42. The maximum absolute atomic E-state index is 14.7. The summed E-state index contributed by atoms with van der Waals surface area (Å²) in [4.78, 5) is 84.9. The van der Waals surface area contributed by atoms with Gasteiger partial charge in [0.25, 0.3) is 5.91 Å². The number of ether oxygens (including phenoxy) is 3. The van der Waals surface area contributed by atoms with E-state index in [2.05, 4.69) is 54.8 Å². The molecule has 0 unspecified atom stereocenters. The van der Waals surface area contributed by atoms with E-state index in [0.717, 1.165) is 33.3 Å². The first-order valence-corrected chi connectivity index (χ1v) is 25.0. The number of hydrogen-bond acceptors (Lipinski definition) is 13. The maximum atomic E-state index is 14.7. The third kappa shape index (κ3) is 9.80. The van der Waals surface area contributed by atoms with Gasteiger partial charge in [0.2, 0.25) is 11.8 Å². The molecule has 8 rings (SSSR count). The number of likely N-dealkylation sites (N-methyl/N-ethyl adjacent to an activating group) is 1. The molecule has 5 amide bonds. The van der Waals surface area contributed by atoms with Crippen molar-refractivity contribution in [2.24, 2.45) is 11.3 Å². The quantitative estimate of drug-likeness (QED) is 0.118. The summed E-state index contributed by atoms with van der Waals surface area (Å²) >= 11 is 6.80. The van der Waals surface area contributed by atoms with Gasteiger partial charge in [-0.2, -0.15) is 0 Å². The Kier molecular flexibility index (Phi) is 14.7. The molecule has 3 aromatic heterocycles. The molecule has 17 nitrogen and oxygen atoms in total. The summed E-state index contributed by atoms with van der Waals surface area (Å²) in [5.41, 5.74) is 8.15. The number of pyridine rings is 1. The number of rotatable bonds is 10. The minimum absolute atomic E-state index is 0.0508. The van der Waals surface area contributed by atoms with Crippen molar-refractivity contribution in [2.45, 2.75) is 96.6 Å². The molecule has 6 bridgehead atoms. The summed E-state index contributed by atoms with van der Waals surface area (Å²) in [6, 6.07) is 6.99. The second-order valence-corrected chi connectivity index (χ2v) is 20.8. The number of carbonyl (C=O) groups excluding carboxylic acids is 5. The Morgan fingerprint density at radius 1 is 1.14 bits per heavy atom. The second kappa shape index (κ2) is 20.4. The molecule has 3 fully saturated rings. The van der Waals surface area contributed by atoms with Crippen molar-refractivity contribution < 1.29 is 38.2 Å². The van der Waals surface area contributed by atoms with Gasteiger partial charge in [-0.3, -0.25) is 29.2 Å². The van der Waals surface area contributed by atoms with Gasteiger partial charge in [0, 0.05) is 91.1 Å². The number of hydrogen-bond donors (Lipinski definition) is 2. The zero-order valence-electron chi connectivity index (χ0n) is 40.5. The fourth-order valence-corrected chi connectivity index (χ4v) is 11.4. The summed E-state index contributed by atoms with van der Waals surface area (Å²) in [5.74, 6) is -2.00. The fourth-order valence-electron chi connectivity index (χ4n) is 10.3. The molecule has 0 saturated carbocycles. The number of esters is 1. The molecule has 1 spiro atoms. The number of urea groups is 1. The van der Waals surface area contributed by atoms with Crippen LogP contribution >= 0.6 is 23.6 Å². The van der Waals surface area contributed by atoms with Crippen LogP contribution in [0.3, 0.4) is 0 Å². The van der Waals surface area contributed by atoms with Crippen molar-refractivity contribution in [2.75, 3.05) is 60.2 Å². The second-order valence-electron chi connectivity index (χ2n) is 19.6. The van der Waals surface area contributed by atoms with E-state index in [1.54, 1.807) is 35.5 Å². The molecular weight excluding hydrogens is 919 g/mol. The minimum atomic E-state index is -1.11. The Balaban J connectivity index is 1.14. The SMILES string of the molecule is C=CC(=O)N1CCN(C(=O)N(C)[C@H](C(=O)N[C@H]2Cc3nc(cs3)-c3ccc4c(c3)c(c(-c3cccnc3[C@H](C=S)OC)n4CC)CC(C)(C)COC(=O)[C@@H]3CCCN(N3)C2=O)C(C)C)CC12COC2. The van der Waals surface area contributed by atoms with Gasteiger partial charge < -0.3 is 38.8 Å². The van der Waals surface area contributed by atoms with Crippen LogP contribution in [0.5, 0.6) is 0 Å². The summed E-state index contributed by atoms with van der Waals surface area (Å²) in [6.45, 7) is 16.0. The van der Waals surface area contributed by atoms with Crippen LogP contribution in [0.1, 0.15) is 69.8 Å². The van der Waals surface area contributed by atoms with Gasteiger partial charge in [-0.15, -0.1) is 11.3 Å². The lowest BCUT2D eigenvalue weighted by atomic mass is 9.84. The van der Waals surface area contributed by atoms with Crippen LogP contribution in [-0.2, 0) is 52.8 Å². The molecule has 4 aliphatic heterocycles. The molecule has 4 atom stereocenters. The Labute approximate surface area is 412 Å². The van der Waals surface area contributed by atoms with Gasteiger partial charge in [0.15, 0.2) is 0 Å². The highest BCUT2D eigenvalue weighted by atomic mass is 32.1. The third-order valence-corrected chi connectivity index (χ3v) is 14.9. The molecule has 19 heteroatoms. The van der Waals surface area contributed by atoms with Gasteiger partial charge in [0.05, 0.1) is 48.5 Å². The molecule has 7 heterocycles. The number of thiazole rings is 1. The number of thiocarbonyl (C=S) groups is 1. The minimum Gasteiger partial charge on any atom is -0.464 e. The van der Waals surface area contributed by atoms with Gasteiger partial charge in [-0.05, 0) is 68.0 Å². The third-order valence-electron chi connectivity index (χ3n) is 13.8. The molecule has 2 N–H and O–H groups in total. The summed E-state index contributed by atoms with van der Waals surface area (Å²) in [6.07, 6.45) is 4.05. The summed E-state index contributed by atoms with van der Waals surface area (Å²) < 4.78 is 19.7. The van der Waals surface area contributed by atoms with Crippen molar-refractivity contribution in [3.05, 3.63) is 70.8 Å². The van der Waals surface area contributed by atoms with Gasteiger partial charge >= 0.3 is 12.0 Å². The zero-order chi connectivity index (χ0) is 49.4. The molecule has 3 saturated heterocycles. The van der Waals surface area contributed by atoms with E-state index in [-0.39, 0.29) is 44.0 Å². The number of methoxy groups -OCH3 is 1. The van der Waals surface area contributed by atoms with Crippen LogP contribution in [0.25, 0.3) is 33.4 Å². The summed E-state index contributed by atoms with van der Waals surface area (Å²) in [5, 5.41) is 9.60. The number of carbonyl (C=O) groups is 5. The van der Waals surface area contributed by atoms with Crippen molar-refractivity contribution in [1.82, 2.24) is 45.0 Å². The van der Waals surface area contributed by atoms with Crippen LogP contribution < -0.4 is 10.7 Å². The van der Waals surface area contributed by atoms with Crippen LogP contribution in [0.4, 0.5) is 4.79 Å². The van der Waals surface area contributed by atoms with E-state index in [1.807, 2.05) is 37.4 Å².